The summed E-state index contributed by atoms with van der Waals surface area (Å²) in [6.07, 6.45) is 2.58. The molecule has 2 atom stereocenters. The number of nitrogens with two attached hydrogens (primary N) is 1. The lowest BCUT2D eigenvalue weighted by Gasteiger charge is -2.36. The van der Waals surface area contributed by atoms with Crippen LogP contribution in [0, 0.1) is 0 Å². The molecule has 1 fully saturated rings. The van der Waals surface area contributed by atoms with Gasteiger partial charge >= 0.3 is 0 Å². The number of rotatable bonds is 6. The number of morpholine rings is 1. The first-order chi connectivity index (χ1) is 9.47. The van der Waals surface area contributed by atoms with E-state index >= 15 is 0 Å². The maximum atomic E-state index is 12.4. The van der Waals surface area contributed by atoms with E-state index < -0.39 is 12.1 Å². The molecule has 0 aliphatic carbocycles. The second-order valence-electron chi connectivity index (χ2n) is 5.53. The Bertz CT molecular complexity index is 334. The highest BCUT2D eigenvalue weighted by Gasteiger charge is 2.34. The van der Waals surface area contributed by atoms with Gasteiger partial charge in [0.2, 0.25) is 11.8 Å². The van der Waals surface area contributed by atoms with Crippen molar-refractivity contribution >= 4 is 11.8 Å². The van der Waals surface area contributed by atoms with Crippen molar-refractivity contribution in [2.45, 2.75) is 58.2 Å². The fraction of sp³-hybridized carbons (Fsp3) is 0.857. The van der Waals surface area contributed by atoms with Crippen LogP contribution in [0.3, 0.4) is 0 Å². The van der Waals surface area contributed by atoms with Crippen LogP contribution in [0.2, 0.25) is 0 Å². The Morgan fingerprint density at radius 1 is 1.45 bits per heavy atom. The summed E-state index contributed by atoms with van der Waals surface area (Å²) in [4.78, 5) is 26.1. The molecule has 1 aliphatic heterocycles. The zero-order valence-electron chi connectivity index (χ0n) is 12.7. The molecule has 1 rings (SSSR count). The summed E-state index contributed by atoms with van der Waals surface area (Å²) in [5, 5.41) is 2.83. The third-order valence-corrected chi connectivity index (χ3v) is 3.33. The summed E-state index contributed by atoms with van der Waals surface area (Å²) < 4.78 is 5.33. The first kappa shape index (κ1) is 16.9. The molecular weight excluding hydrogens is 258 g/mol. The molecule has 0 spiro atoms. The number of unbranched alkanes of at least 4 members (excludes halogenated alkanes) is 1. The first-order valence-electron chi connectivity index (χ1n) is 7.41. The molecule has 1 saturated heterocycles. The molecule has 0 aromatic rings. The van der Waals surface area contributed by atoms with Crippen LogP contribution in [0.4, 0.5) is 0 Å². The molecule has 20 heavy (non-hydrogen) atoms. The van der Waals surface area contributed by atoms with Crippen molar-refractivity contribution in [2.24, 2.45) is 5.73 Å². The van der Waals surface area contributed by atoms with Gasteiger partial charge in [0.25, 0.3) is 0 Å². The second-order valence-corrected chi connectivity index (χ2v) is 5.53. The maximum Gasteiger partial charge on any atom is 0.245 e. The van der Waals surface area contributed by atoms with Crippen molar-refractivity contribution in [3.8, 4) is 0 Å². The van der Waals surface area contributed by atoms with E-state index in [4.69, 9.17) is 10.5 Å². The van der Waals surface area contributed by atoms with E-state index in [1.807, 2.05) is 13.8 Å². The molecule has 116 valence electrons. The average molecular weight is 285 g/mol. The van der Waals surface area contributed by atoms with Crippen LogP contribution in [-0.4, -0.2) is 54.6 Å². The van der Waals surface area contributed by atoms with Crippen LogP contribution in [0.15, 0.2) is 0 Å². The van der Waals surface area contributed by atoms with Gasteiger partial charge in [0.05, 0.1) is 19.3 Å². The van der Waals surface area contributed by atoms with Gasteiger partial charge in [0.1, 0.15) is 6.04 Å². The fourth-order valence-electron chi connectivity index (χ4n) is 2.23. The molecule has 0 aromatic carbocycles. The molecule has 0 bridgehead atoms. The number of carbonyl (C=O) groups is 2. The SMILES string of the molecule is CCCCC(N)C(=O)N1CCOCC1C(=O)NC(C)C. The van der Waals surface area contributed by atoms with Crippen LogP contribution < -0.4 is 11.1 Å². The number of nitrogens with zero attached hydrogens (tertiary/aromatic N) is 1. The maximum absolute atomic E-state index is 12.4. The summed E-state index contributed by atoms with van der Waals surface area (Å²) >= 11 is 0. The Labute approximate surface area is 121 Å². The minimum absolute atomic E-state index is 0.0372. The largest absolute Gasteiger partial charge is 0.377 e. The molecule has 6 nitrogen and oxygen atoms in total. The van der Waals surface area contributed by atoms with E-state index in [0.29, 0.717) is 19.6 Å². The summed E-state index contributed by atoms with van der Waals surface area (Å²) in [7, 11) is 0. The van der Waals surface area contributed by atoms with Gasteiger partial charge in [0.15, 0.2) is 0 Å². The topological polar surface area (TPSA) is 84.7 Å². The molecule has 2 unspecified atom stereocenters. The van der Waals surface area contributed by atoms with Gasteiger partial charge in [-0.2, -0.15) is 0 Å². The number of carbonyl (C=O) groups excluding carboxylic acids is 2. The van der Waals surface area contributed by atoms with E-state index in [2.05, 4.69) is 12.2 Å². The molecular formula is C14H27N3O3. The smallest absolute Gasteiger partial charge is 0.245 e. The van der Waals surface area contributed by atoms with Gasteiger partial charge in [-0.1, -0.05) is 19.8 Å². The third-order valence-electron chi connectivity index (χ3n) is 3.33. The monoisotopic (exact) mass is 285 g/mol. The molecule has 6 heteroatoms. The summed E-state index contributed by atoms with van der Waals surface area (Å²) in [5.74, 6) is -0.318. The van der Waals surface area contributed by atoms with E-state index in [0.717, 1.165) is 12.8 Å². The van der Waals surface area contributed by atoms with E-state index in [9.17, 15) is 9.59 Å². The molecule has 3 N–H and O–H groups in total. The van der Waals surface area contributed by atoms with Crippen LogP contribution in [0.5, 0.6) is 0 Å². The first-order valence-corrected chi connectivity index (χ1v) is 7.41. The summed E-state index contributed by atoms with van der Waals surface area (Å²) in [6.45, 7) is 6.96. The molecule has 0 aromatic heterocycles. The normalized spacial score (nSPS) is 20.9. The quantitative estimate of drug-likeness (QED) is 0.733. The summed E-state index contributed by atoms with van der Waals surface area (Å²) in [6, 6.07) is -1.05. The second kappa shape index (κ2) is 8.21. The van der Waals surface area contributed by atoms with Gasteiger partial charge in [-0.25, -0.2) is 0 Å². The Balaban J connectivity index is 2.67. The van der Waals surface area contributed by atoms with Crippen molar-refractivity contribution in [3.05, 3.63) is 0 Å². The number of hydrogen-bond donors (Lipinski definition) is 2. The third kappa shape index (κ3) is 4.76. The lowest BCUT2D eigenvalue weighted by atomic mass is 10.1. The lowest BCUT2D eigenvalue weighted by molar-refractivity contribution is -0.149. The predicted molar refractivity (Wildman–Crippen MR) is 77.1 cm³/mol. The number of amides is 2. The lowest BCUT2D eigenvalue weighted by Crippen LogP contribution is -2.59. The van der Waals surface area contributed by atoms with Crippen molar-refractivity contribution in [3.63, 3.8) is 0 Å². The van der Waals surface area contributed by atoms with Crippen LogP contribution in [-0.2, 0) is 14.3 Å². The van der Waals surface area contributed by atoms with Crippen molar-refractivity contribution in [2.75, 3.05) is 19.8 Å². The predicted octanol–water partition coefficient (Wildman–Crippen LogP) is 0.256. The molecule has 1 heterocycles. The Morgan fingerprint density at radius 2 is 2.15 bits per heavy atom. The number of nitrogens with one attached hydrogen (secondary N) is 1. The highest BCUT2D eigenvalue weighted by Crippen LogP contribution is 2.11. The number of hydrogen-bond acceptors (Lipinski definition) is 4. The molecule has 1 aliphatic rings. The Kier molecular flexibility index (Phi) is 6.95. The van der Waals surface area contributed by atoms with Crippen LogP contribution in [0.1, 0.15) is 40.0 Å². The highest BCUT2D eigenvalue weighted by atomic mass is 16.5. The molecule has 2 amide bonds. The standard InChI is InChI=1S/C14H27N3O3/c1-4-5-6-11(15)14(19)17-7-8-20-9-12(17)13(18)16-10(2)3/h10-12H,4-9,15H2,1-3H3,(H,16,18). The molecule has 0 radical (unpaired) electrons. The number of ether oxygens (including phenoxy) is 1. The van der Waals surface area contributed by atoms with Gasteiger partial charge in [0, 0.05) is 12.6 Å². The zero-order chi connectivity index (χ0) is 15.1. The highest BCUT2D eigenvalue weighted by molar-refractivity contribution is 5.90. The molecule has 0 saturated carbocycles. The van der Waals surface area contributed by atoms with Crippen molar-refractivity contribution < 1.29 is 14.3 Å². The minimum Gasteiger partial charge on any atom is -0.377 e. The van der Waals surface area contributed by atoms with Gasteiger partial charge in [-0.3, -0.25) is 9.59 Å². The van der Waals surface area contributed by atoms with Crippen LogP contribution in [0.25, 0.3) is 0 Å². The van der Waals surface area contributed by atoms with Gasteiger partial charge in [-0.05, 0) is 20.3 Å². The fourth-order valence-corrected chi connectivity index (χ4v) is 2.23. The zero-order valence-corrected chi connectivity index (χ0v) is 12.7. The Morgan fingerprint density at radius 3 is 2.75 bits per heavy atom. The van der Waals surface area contributed by atoms with Crippen molar-refractivity contribution in [1.82, 2.24) is 10.2 Å². The van der Waals surface area contributed by atoms with E-state index in [-0.39, 0.29) is 24.5 Å². The van der Waals surface area contributed by atoms with E-state index in [1.165, 1.54) is 0 Å². The van der Waals surface area contributed by atoms with Gasteiger partial charge in [-0.15, -0.1) is 0 Å². The van der Waals surface area contributed by atoms with Crippen LogP contribution >= 0.6 is 0 Å². The Hall–Kier alpha value is -1.14. The van der Waals surface area contributed by atoms with Crippen molar-refractivity contribution in [1.29, 1.82) is 0 Å². The minimum atomic E-state index is -0.564. The average Bonchev–Trinajstić information content (AvgIpc) is 2.43. The van der Waals surface area contributed by atoms with Gasteiger partial charge < -0.3 is 20.7 Å². The summed E-state index contributed by atoms with van der Waals surface area (Å²) in [5.41, 5.74) is 5.93. The van der Waals surface area contributed by atoms with E-state index in [1.54, 1.807) is 4.90 Å².